The Kier molecular flexibility index (Phi) is 3.72. The van der Waals surface area contributed by atoms with E-state index in [1.807, 2.05) is 30.3 Å². The maximum atomic E-state index is 6.22. The summed E-state index contributed by atoms with van der Waals surface area (Å²) in [6, 6.07) is 9.14. The van der Waals surface area contributed by atoms with E-state index in [4.69, 9.17) is 19.6 Å². The first kappa shape index (κ1) is 13.5. The number of hydrogen-bond acceptors (Lipinski definition) is 4. The third-order valence-corrected chi connectivity index (χ3v) is 3.70. The SMILES string of the molecule is CC1COc2ccc(C(N)c3ccc(Br)o3)cc2OC1. The van der Waals surface area contributed by atoms with Crippen molar-refractivity contribution in [3.05, 3.63) is 46.3 Å². The second-order valence-electron chi connectivity index (χ2n) is 5.05. The van der Waals surface area contributed by atoms with Crippen molar-refractivity contribution in [2.24, 2.45) is 11.7 Å². The molecule has 2 unspecified atom stereocenters. The fourth-order valence-corrected chi connectivity index (χ4v) is 2.44. The molecule has 0 fully saturated rings. The molecule has 0 saturated heterocycles. The lowest BCUT2D eigenvalue weighted by molar-refractivity contribution is 0.228. The van der Waals surface area contributed by atoms with Gasteiger partial charge in [-0.3, -0.25) is 0 Å². The zero-order valence-corrected chi connectivity index (χ0v) is 12.7. The molecule has 1 aromatic heterocycles. The van der Waals surface area contributed by atoms with Gasteiger partial charge in [0.05, 0.1) is 19.3 Å². The average Bonchev–Trinajstić information content (AvgIpc) is 2.80. The van der Waals surface area contributed by atoms with Crippen LogP contribution in [-0.4, -0.2) is 13.2 Å². The second-order valence-corrected chi connectivity index (χ2v) is 5.83. The summed E-state index contributed by atoms with van der Waals surface area (Å²) in [4.78, 5) is 0. The van der Waals surface area contributed by atoms with E-state index in [-0.39, 0.29) is 6.04 Å². The number of hydrogen-bond donors (Lipinski definition) is 1. The Morgan fingerprint density at radius 2 is 1.90 bits per heavy atom. The molecule has 106 valence electrons. The van der Waals surface area contributed by atoms with Crippen LogP contribution in [0.5, 0.6) is 11.5 Å². The van der Waals surface area contributed by atoms with E-state index in [1.165, 1.54) is 0 Å². The van der Waals surface area contributed by atoms with Gasteiger partial charge in [0.1, 0.15) is 5.76 Å². The average molecular weight is 338 g/mol. The predicted molar refractivity (Wildman–Crippen MR) is 79.0 cm³/mol. The van der Waals surface area contributed by atoms with Crippen LogP contribution in [0.2, 0.25) is 0 Å². The van der Waals surface area contributed by atoms with E-state index in [9.17, 15) is 0 Å². The minimum atomic E-state index is -0.323. The molecule has 5 heteroatoms. The van der Waals surface area contributed by atoms with Crippen molar-refractivity contribution in [3.8, 4) is 11.5 Å². The van der Waals surface area contributed by atoms with Gasteiger partial charge in [0, 0.05) is 5.92 Å². The lowest BCUT2D eigenvalue weighted by Gasteiger charge is -2.13. The Hall–Kier alpha value is -1.46. The molecule has 0 amide bonds. The van der Waals surface area contributed by atoms with Gasteiger partial charge in [0.25, 0.3) is 0 Å². The number of fused-ring (bicyclic) bond motifs is 1. The lowest BCUT2D eigenvalue weighted by Crippen LogP contribution is -2.12. The van der Waals surface area contributed by atoms with Crippen LogP contribution in [0.15, 0.2) is 39.4 Å². The molecule has 20 heavy (non-hydrogen) atoms. The maximum Gasteiger partial charge on any atom is 0.169 e. The van der Waals surface area contributed by atoms with Crippen LogP contribution in [0.25, 0.3) is 0 Å². The highest BCUT2D eigenvalue weighted by Crippen LogP contribution is 2.34. The number of furan rings is 1. The molecule has 2 heterocycles. The normalized spacial score (nSPS) is 19.4. The summed E-state index contributed by atoms with van der Waals surface area (Å²) in [6.45, 7) is 3.42. The summed E-state index contributed by atoms with van der Waals surface area (Å²) in [5.41, 5.74) is 7.15. The van der Waals surface area contributed by atoms with Crippen molar-refractivity contribution in [3.63, 3.8) is 0 Å². The zero-order chi connectivity index (χ0) is 14.1. The number of rotatable bonds is 2. The van der Waals surface area contributed by atoms with Gasteiger partial charge in [-0.1, -0.05) is 13.0 Å². The Morgan fingerprint density at radius 3 is 2.60 bits per heavy atom. The van der Waals surface area contributed by atoms with Crippen LogP contribution >= 0.6 is 15.9 Å². The van der Waals surface area contributed by atoms with E-state index >= 15 is 0 Å². The van der Waals surface area contributed by atoms with Crippen LogP contribution in [0, 0.1) is 5.92 Å². The molecule has 0 aliphatic carbocycles. The van der Waals surface area contributed by atoms with Crippen molar-refractivity contribution in [2.75, 3.05) is 13.2 Å². The minimum Gasteiger partial charge on any atom is -0.489 e. The largest absolute Gasteiger partial charge is 0.489 e. The van der Waals surface area contributed by atoms with Crippen LogP contribution < -0.4 is 15.2 Å². The molecule has 1 aliphatic rings. The molecule has 3 rings (SSSR count). The molecule has 0 radical (unpaired) electrons. The molecule has 2 aromatic rings. The zero-order valence-electron chi connectivity index (χ0n) is 11.1. The Bertz CT molecular complexity index is 611. The van der Waals surface area contributed by atoms with E-state index in [2.05, 4.69) is 22.9 Å². The van der Waals surface area contributed by atoms with E-state index < -0.39 is 0 Å². The smallest absolute Gasteiger partial charge is 0.169 e. The molecule has 4 nitrogen and oxygen atoms in total. The summed E-state index contributed by atoms with van der Waals surface area (Å²) in [6.07, 6.45) is 0. The number of benzene rings is 1. The number of ether oxygens (including phenoxy) is 2. The highest BCUT2D eigenvalue weighted by Gasteiger charge is 2.19. The van der Waals surface area contributed by atoms with Gasteiger partial charge < -0.3 is 19.6 Å². The molecule has 2 atom stereocenters. The topological polar surface area (TPSA) is 57.6 Å². The van der Waals surface area contributed by atoms with Gasteiger partial charge in [-0.25, -0.2) is 0 Å². The van der Waals surface area contributed by atoms with Crippen LogP contribution in [0.4, 0.5) is 0 Å². The van der Waals surface area contributed by atoms with Crippen LogP contribution in [0.1, 0.15) is 24.3 Å². The van der Waals surface area contributed by atoms with E-state index in [1.54, 1.807) is 0 Å². The van der Waals surface area contributed by atoms with Gasteiger partial charge in [-0.15, -0.1) is 0 Å². The maximum absolute atomic E-state index is 6.22. The molecule has 1 aromatic carbocycles. The standard InChI is InChI=1S/C15H16BrNO3/c1-9-7-18-11-3-2-10(6-13(11)19-8-9)15(17)12-4-5-14(16)20-12/h2-6,9,15H,7-8,17H2,1H3. The van der Waals surface area contributed by atoms with Gasteiger partial charge >= 0.3 is 0 Å². The third kappa shape index (κ3) is 2.69. The van der Waals surface area contributed by atoms with Crippen molar-refractivity contribution in [2.45, 2.75) is 13.0 Å². The van der Waals surface area contributed by atoms with Gasteiger partial charge in [0.2, 0.25) is 0 Å². The van der Waals surface area contributed by atoms with Crippen LogP contribution in [-0.2, 0) is 0 Å². The molecule has 0 spiro atoms. The minimum absolute atomic E-state index is 0.323. The van der Waals surface area contributed by atoms with E-state index in [0.717, 1.165) is 17.1 Å². The lowest BCUT2D eigenvalue weighted by atomic mass is 10.0. The fourth-order valence-electron chi connectivity index (χ4n) is 2.12. The van der Waals surface area contributed by atoms with Crippen molar-refractivity contribution < 1.29 is 13.9 Å². The summed E-state index contributed by atoms with van der Waals surface area (Å²) in [7, 11) is 0. The highest BCUT2D eigenvalue weighted by molar-refractivity contribution is 9.10. The Morgan fingerprint density at radius 1 is 1.15 bits per heavy atom. The fraction of sp³-hybridized carbons (Fsp3) is 0.333. The summed E-state index contributed by atoms with van der Waals surface area (Å²) in [5.74, 6) is 2.60. The Labute approximate surface area is 126 Å². The first-order valence-electron chi connectivity index (χ1n) is 6.54. The number of halogens is 1. The third-order valence-electron chi connectivity index (χ3n) is 3.27. The monoisotopic (exact) mass is 337 g/mol. The van der Waals surface area contributed by atoms with Crippen molar-refractivity contribution >= 4 is 15.9 Å². The molecule has 2 N–H and O–H groups in total. The van der Waals surface area contributed by atoms with Crippen molar-refractivity contribution in [1.29, 1.82) is 0 Å². The first-order chi connectivity index (χ1) is 9.63. The molecule has 1 aliphatic heterocycles. The molecular weight excluding hydrogens is 322 g/mol. The first-order valence-corrected chi connectivity index (χ1v) is 7.33. The van der Waals surface area contributed by atoms with E-state index in [0.29, 0.717) is 29.6 Å². The summed E-state index contributed by atoms with van der Waals surface area (Å²) in [5, 5.41) is 0. The number of nitrogens with two attached hydrogens (primary N) is 1. The van der Waals surface area contributed by atoms with Gasteiger partial charge in [0.15, 0.2) is 16.2 Å². The molecular formula is C15H16BrNO3. The highest BCUT2D eigenvalue weighted by atomic mass is 79.9. The molecule has 0 saturated carbocycles. The van der Waals surface area contributed by atoms with Gasteiger partial charge in [-0.2, -0.15) is 0 Å². The van der Waals surface area contributed by atoms with Gasteiger partial charge in [-0.05, 0) is 45.8 Å². The van der Waals surface area contributed by atoms with Crippen LogP contribution in [0.3, 0.4) is 0 Å². The summed E-state index contributed by atoms with van der Waals surface area (Å²) < 4.78 is 17.7. The van der Waals surface area contributed by atoms with Crippen molar-refractivity contribution in [1.82, 2.24) is 0 Å². The predicted octanol–water partition coefficient (Wildman–Crippen LogP) is 3.50. The Balaban J connectivity index is 1.88. The molecule has 0 bridgehead atoms. The second kappa shape index (κ2) is 5.50. The summed E-state index contributed by atoms with van der Waals surface area (Å²) >= 11 is 3.28. The quantitative estimate of drug-likeness (QED) is 0.911.